The van der Waals surface area contributed by atoms with Gasteiger partial charge in [0.25, 0.3) is 0 Å². The quantitative estimate of drug-likeness (QED) is 0.158. The Balaban J connectivity index is 1.26. The van der Waals surface area contributed by atoms with E-state index in [0.29, 0.717) is 11.8 Å². The van der Waals surface area contributed by atoms with Gasteiger partial charge < -0.3 is 0 Å². The summed E-state index contributed by atoms with van der Waals surface area (Å²) in [5.41, 5.74) is 18.8. The number of fused-ring (bicyclic) bond motifs is 3. The van der Waals surface area contributed by atoms with Crippen molar-refractivity contribution in [1.29, 1.82) is 0 Å². The molecule has 5 aromatic rings. The molecule has 2 aliphatic rings. The molecule has 7 rings (SSSR count). The van der Waals surface area contributed by atoms with Gasteiger partial charge in [-0.1, -0.05) is 170 Å². The fraction of sp³-hybridized carbons (Fsp3) is 0.250. The molecular formula is C48H48. The van der Waals surface area contributed by atoms with Gasteiger partial charge in [-0.3, -0.25) is 0 Å². The average molecular weight is 625 g/mol. The summed E-state index contributed by atoms with van der Waals surface area (Å²) < 4.78 is 0. The molecule has 0 amide bonds. The van der Waals surface area contributed by atoms with E-state index in [9.17, 15) is 0 Å². The Kier molecular flexibility index (Phi) is 8.69. The zero-order valence-electron chi connectivity index (χ0n) is 29.5. The second kappa shape index (κ2) is 13.1. The molecule has 5 aromatic carbocycles. The molecule has 2 aliphatic carbocycles. The lowest BCUT2D eigenvalue weighted by Crippen LogP contribution is -2.26. The van der Waals surface area contributed by atoms with Gasteiger partial charge in [0.05, 0.1) is 0 Å². The Bertz CT molecular complexity index is 1960. The minimum Gasteiger partial charge on any atom is -0.0767 e. The molecule has 0 nitrogen and oxygen atoms in total. The lowest BCUT2D eigenvalue weighted by Gasteiger charge is -2.33. The predicted octanol–water partition coefficient (Wildman–Crippen LogP) is 12.6. The van der Waals surface area contributed by atoms with Gasteiger partial charge in [0.2, 0.25) is 0 Å². The molecule has 0 saturated carbocycles. The highest BCUT2D eigenvalue weighted by Gasteiger charge is 2.46. The molecule has 0 aromatic heterocycles. The van der Waals surface area contributed by atoms with Gasteiger partial charge in [-0.2, -0.15) is 0 Å². The molecule has 2 unspecified atom stereocenters. The summed E-state index contributed by atoms with van der Waals surface area (Å²) in [5, 5.41) is 0. The van der Waals surface area contributed by atoms with Gasteiger partial charge in [0.1, 0.15) is 0 Å². The summed E-state index contributed by atoms with van der Waals surface area (Å²) in [6, 6.07) is 43.4. The number of rotatable bonds is 7. The summed E-state index contributed by atoms with van der Waals surface area (Å²) in [6.07, 6.45) is 10.9. The van der Waals surface area contributed by atoms with Crippen molar-refractivity contribution in [2.24, 2.45) is 5.92 Å². The summed E-state index contributed by atoms with van der Waals surface area (Å²) in [7, 11) is 0. The molecule has 0 N–H and O–H groups in total. The largest absolute Gasteiger partial charge is 0.0767 e. The van der Waals surface area contributed by atoms with Crippen LogP contribution >= 0.6 is 0 Å². The second-order valence-corrected chi connectivity index (χ2v) is 14.7. The first-order valence-corrected chi connectivity index (χ1v) is 17.8. The zero-order valence-corrected chi connectivity index (χ0v) is 29.5. The van der Waals surface area contributed by atoms with Crippen LogP contribution in [0.1, 0.15) is 101 Å². The lowest BCUT2D eigenvalue weighted by atomic mass is 9.71. The van der Waals surface area contributed by atoms with Crippen LogP contribution in [-0.4, -0.2) is 0 Å². The molecule has 0 spiro atoms. The molecule has 0 fully saturated rings. The molecule has 0 radical (unpaired) electrons. The Labute approximate surface area is 288 Å². The van der Waals surface area contributed by atoms with Gasteiger partial charge in [-0.05, 0) is 119 Å². The highest BCUT2D eigenvalue weighted by Crippen LogP contribution is 2.56. The van der Waals surface area contributed by atoms with Gasteiger partial charge in [-0.25, -0.2) is 0 Å². The van der Waals surface area contributed by atoms with Crippen LogP contribution in [0, 0.1) is 26.7 Å². The second-order valence-electron chi connectivity index (χ2n) is 14.7. The third kappa shape index (κ3) is 6.29. The van der Waals surface area contributed by atoms with Gasteiger partial charge >= 0.3 is 0 Å². The molecule has 0 saturated heterocycles. The van der Waals surface area contributed by atoms with Gasteiger partial charge in [0, 0.05) is 0 Å². The van der Waals surface area contributed by atoms with E-state index in [0.717, 1.165) is 12.8 Å². The summed E-state index contributed by atoms with van der Waals surface area (Å²) in [6.45, 7) is 13.6. The summed E-state index contributed by atoms with van der Waals surface area (Å²) in [5.74, 6) is 1.03. The third-order valence-corrected chi connectivity index (χ3v) is 11.0. The van der Waals surface area contributed by atoms with Crippen molar-refractivity contribution in [3.8, 4) is 0 Å². The normalized spacial score (nSPS) is 18.1. The highest BCUT2D eigenvalue weighted by atomic mass is 14.5. The molecule has 0 aliphatic heterocycles. The van der Waals surface area contributed by atoms with E-state index in [4.69, 9.17) is 0 Å². The van der Waals surface area contributed by atoms with E-state index < -0.39 is 0 Å². The van der Waals surface area contributed by atoms with Crippen molar-refractivity contribution in [2.75, 3.05) is 0 Å². The van der Waals surface area contributed by atoms with E-state index in [1.807, 2.05) is 0 Å². The Morgan fingerprint density at radius 2 is 1.10 bits per heavy atom. The highest BCUT2D eigenvalue weighted by molar-refractivity contribution is 5.91. The van der Waals surface area contributed by atoms with Crippen LogP contribution in [0.4, 0.5) is 0 Å². The maximum Gasteiger partial charge on any atom is -0.00317 e. The Morgan fingerprint density at radius 3 is 1.60 bits per heavy atom. The number of allylic oxidation sites excluding steroid dienone is 3. The van der Waals surface area contributed by atoms with Crippen molar-refractivity contribution < 1.29 is 0 Å². The van der Waals surface area contributed by atoms with E-state index >= 15 is 0 Å². The molecular weight excluding hydrogens is 577 g/mol. The van der Waals surface area contributed by atoms with E-state index in [2.05, 4.69) is 175 Å². The molecule has 0 heterocycles. The van der Waals surface area contributed by atoms with Crippen LogP contribution < -0.4 is 0 Å². The predicted molar refractivity (Wildman–Crippen MR) is 206 cm³/mol. The number of hydrogen-bond acceptors (Lipinski definition) is 0. The zero-order chi connectivity index (χ0) is 33.4. The molecule has 48 heavy (non-hydrogen) atoms. The summed E-state index contributed by atoms with van der Waals surface area (Å²) >= 11 is 0. The first-order chi connectivity index (χ1) is 23.2. The first kappa shape index (κ1) is 31.9. The molecule has 240 valence electrons. The maximum absolute atomic E-state index is 2.62. The van der Waals surface area contributed by atoms with Crippen LogP contribution in [0.2, 0.25) is 0 Å². The number of benzene rings is 5. The van der Waals surface area contributed by atoms with E-state index in [-0.39, 0.29) is 5.41 Å². The van der Waals surface area contributed by atoms with E-state index in [1.165, 1.54) is 78.8 Å². The fourth-order valence-corrected chi connectivity index (χ4v) is 7.98. The van der Waals surface area contributed by atoms with Crippen LogP contribution in [0.25, 0.3) is 17.2 Å². The van der Waals surface area contributed by atoms with Gasteiger partial charge in [0.15, 0.2) is 0 Å². The van der Waals surface area contributed by atoms with Crippen molar-refractivity contribution in [3.63, 3.8) is 0 Å². The van der Waals surface area contributed by atoms with E-state index in [1.54, 1.807) is 5.56 Å². The smallest absolute Gasteiger partial charge is 0.00317 e. The number of hydrogen-bond donors (Lipinski definition) is 0. The van der Waals surface area contributed by atoms with Gasteiger partial charge in [-0.15, -0.1) is 0 Å². The fourth-order valence-electron chi connectivity index (χ4n) is 7.98. The average Bonchev–Trinajstić information content (AvgIpc) is 3.32. The molecule has 0 heteroatoms. The number of aryl methyl sites for hydroxylation is 4. The minimum atomic E-state index is 0.0457. The topological polar surface area (TPSA) is 0 Å². The first-order valence-electron chi connectivity index (χ1n) is 17.8. The monoisotopic (exact) mass is 624 g/mol. The Hall–Kier alpha value is -4.68. The Morgan fingerprint density at radius 1 is 0.625 bits per heavy atom. The van der Waals surface area contributed by atoms with Crippen molar-refractivity contribution in [2.45, 2.75) is 72.1 Å². The lowest BCUT2D eigenvalue weighted by molar-refractivity contribution is 0.344. The van der Waals surface area contributed by atoms with Crippen LogP contribution in [0.15, 0.2) is 133 Å². The third-order valence-electron chi connectivity index (χ3n) is 11.0. The van der Waals surface area contributed by atoms with Crippen molar-refractivity contribution >= 4 is 17.2 Å². The maximum atomic E-state index is 2.62. The molecule has 2 atom stereocenters. The minimum absolute atomic E-state index is 0.0457. The molecule has 0 bridgehead atoms. The standard InChI is InChI=1S/C48H48/c1-7-35-14-24-41(25-15-35)45(40-22-12-34(4)13-23-40)29-37-17-27-43-42-26-16-36(30-46(42)48(5,6)47(43)31-37)28-44(38-18-8-32(2)9-19-38)39-20-10-33(3)11-21-39/h8-15,17-25,27-31,42,46H,7,16,26H2,1-6H3/b45-29+. The van der Waals surface area contributed by atoms with Crippen LogP contribution in [0.5, 0.6) is 0 Å². The SMILES string of the molecule is CCc1ccc(/C(=C/c2ccc3c(c2)C(C)(C)C2C=C(C=C(c4ccc(C)cc4)c4ccc(C)cc4)CCC32)c2ccc(C)cc2)cc1. The van der Waals surface area contributed by atoms with Crippen molar-refractivity contribution in [1.82, 2.24) is 0 Å². The summed E-state index contributed by atoms with van der Waals surface area (Å²) in [4.78, 5) is 0. The van der Waals surface area contributed by atoms with Crippen LogP contribution in [0.3, 0.4) is 0 Å². The van der Waals surface area contributed by atoms with Crippen LogP contribution in [-0.2, 0) is 11.8 Å². The van der Waals surface area contributed by atoms with Crippen molar-refractivity contribution in [3.05, 3.63) is 194 Å².